The summed E-state index contributed by atoms with van der Waals surface area (Å²) in [4.78, 5) is 15.0. The summed E-state index contributed by atoms with van der Waals surface area (Å²) in [7, 11) is -1.89. The number of carboxylic acid groups (broad SMARTS) is 1. The first kappa shape index (κ1) is 14.0. The fourth-order valence-corrected chi connectivity index (χ4v) is 3.09. The molecule has 2 aromatic rings. The molecule has 0 radical (unpaired) electrons. The summed E-state index contributed by atoms with van der Waals surface area (Å²) >= 11 is 0. The molecule has 6 nitrogen and oxygen atoms in total. The monoisotopic (exact) mass is 292 g/mol. The van der Waals surface area contributed by atoms with Gasteiger partial charge in [0.25, 0.3) is 0 Å². The second-order valence-electron chi connectivity index (χ2n) is 3.91. The molecule has 1 aromatic heterocycles. The van der Waals surface area contributed by atoms with Gasteiger partial charge in [0, 0.05) is 12.4 Å². The van der Waals surface area contributed by atoms with Crippen LogP contribution in [0.3, 0.4) is 0 Å². The predicted molar refractivity (Wildman–Crippen MR) is 71.6 cm³/mol. The SMILES string of the molecule is COc1ccncc1S(=N)(=O)c1ccc(C(=O)O)cc1. The molecule has 0 aliphatic heterocycles. The van der Waals surface area contributed by atoms with Crippen LogP contribution in [-0.4, -0.2) is 27.4 Å². The van der Waals surface area contributed by atoms with Crippen molar-refractivity contribution in [1.82, 2.24) is 4.98 Å². The molecule has 20 heavy (non-hydrogen) atoms. The number of nitrogens with one attached hydrogen (secondary N) is 1. The molecule has 2 N–H and O–H groups in total. The van der Waals surface area contributed by atoms with Gasteiger partial charge >= 0.3 is 5.97 Å². The van der Waals surface area contributed by atoms with Crippen LogP contribution in [0.2, 0.25) is 0 Å². The lowest BCUT2D eigenvalue weighted by molar-refractivity contribution is 0.0697. The van der Waals surface area contributed by atoms with Gasteiger partial charge in [-0.2, -0.15) is 0 Å². The molecule has 104 valence electrons. The Morgan fingerprint density at radius 1 is 1.30 bits per heavy atom. The topological polar surface area (TPSA) is 100 Å². The minimum absolute atomic E-state index is 0.0714. The maximum atomic E-state index is 12.6. The van der Waals surface area contributed by atoms with Crippen LogP contribution in [-0.2, 0) is 9.73 Å². The van der Waals surface area contributed by atoms with Gasteiger partial charge in [0.05, 0.1) is 17.6 Å². The van der Waals surface area contributed by atoms with Crippen molar-refractivity contribution >= 4 is 15.7 Å². The van der Waals surface area contributed by atoms with E-state index in [0.29, 0.717) is 5.75 Å². The second kappa shape index (κ2) is 5.30. The molecule has 0 fully saturated rings. The van der Waals surface area contributed by atoms with E-state index in [-0.39, 0.29) is 15.4 Å². The van der Waals surface area contributed by atoms with E-state index in [0.717, 1.165) is 0 Å². The predicted octanol–water partition coefficient (Wildman–Crippen LogP) is 2.25. The molecule has 2 rings (SSSR count). The molecule has 0 aliphatic carbocycles. The number of carbonyl (C=O) groups is 1. The van der Waals surface area contributed by atoms with Crippen LogP contribution in [0, 0.1) is 4.78 Å². The Hall–Kier alpha value is -2.41. The lowest BCUT2D eigenvalue weighted by Gasteiger charge is -2.11. The molecular formula is C13H12N2O4S. The Labute approximate surface area is 116 Å². The summed E-state index contributed by atoms with van der Waals surface area (Å²) in [5.41, 5.74) is 0.0714. The van der Waals surface area contributed by atoms with E-state index in [1.807, 2.05) is 0 Å². The maximum Gasteiger partial charge on any atom is 0.335 e. The van der Waals surface area contributed by atoms with Gasteiger partial charge in [-0.3, -0.25) is 4.98 Å². The minimum atomic E-state index is -3.30. The highest BCUT2D eigenvalue weighted by Gasteiger charge is 2.19. The highest BCUT2D eigenvalue weighted by Crippen LogP contribution is 2.28. The van der Waals surface area contributed by atoms with E-state index in [2.05, 4.69) is 4.98 Å². The average Bonchev–Trinajstić information content (AvgIpc) is 2.47. The van der Waals surface area contributed by atoms with E-state index in [1.54, 1.807) is 0 Å². The van der Waals surface area contributed by atoms with Gasteiger partial charge in [-0.05, 0) is 30.3 Å². The lowest BCUT2D eigenvalue weighted by atomic mass is 10.2. The molecule has 1 aromatic carbocycles. The summed E-state index contributed by atoms with van der Waals surface area (Å²) in [6.45, 7) is 0. The fraction of sp³-hybridized carbons (Fsp3) is 0.0769. The Balaban J connectivity index is 2.52. The van der Waals surface area contributed by atoms with Crippen molar-refractivity contribution in [2.24, 2.45) is 0 Å². The summed E-state index contributed by atoms with van der Waals surface area (Å²) in [5.74, 6) is -0.769. The number of aromatic nitrogens is 1. The molecule has 0 aliphatic rings. The van der Waals surface area contributed by atoms with Gasteiger partial charge < -0.3 is 9.84 Å². The number of hydrogen-bond donors (Lipinski definition) is 2. The van der Waals surface area contributed by atoms with Crippen LogP contribution in [0.1, 0.15) is 10.4 Å². The Kier molecular flexibility index (Phi) is 3.71. The highest BCUT2D eigenvalue weighted by molar-refractivity contribution is 7.92. The van der Waals surface area contributed by atoms with E-state index in [4.69, 9.17) is 14.6 Å². The van der Waals surface area contributed by atoms with Gasteiger partial charge in [-0.1, -0.05) is 0 Å². The Morgan fingerprint density at radius 2 is 1.95 bits per heavy atom. The van der Waals surface area contributed by atoms with Crippen molar-refractivity contribution < 1.29 is 18.8 Å². The van der Waals surface area contributed by atoms with Crippen LogP contribution in [0.15, 0.2) is 52.5 Å². The average molecular weight is 292 g/mol. The number of ether oxygens (including phenoxy) is 1. The first-order valence-electron chi connectivity index (χ1n) is 5.57. The van der Waals surface area contributed by atoms with Gasteiger partial charge in [0.2, 0.25) is 0 Å². The molecule has 0 saturated heterocycles. The fourth-order valence-electron chi connectivity index (χ4n) is 1.67. The summed E-state index contributed by atoms with van der Waals surface area (Å²) in [6.07, 6.45) is 2.80. The molecule has 0 bridgehead atoms. The van der Waals surface area contributed by atoms with Crippen molar-refractivity contribution in [3.05, 3.63) is 48.3 Å². The van der Waals surface area contributed by atoms with Gasteiger partial charge in [-0.25, -0.2) is 13.8 Å². The summed E-state index contributed by atoms with van der Waals surface area (Å²) < 4.78 is 25.8. The molecule has 1 atom stereocenters. The number of rotatable bonds is 4. The second-order valence-corrected chi connectivity index (χ2v) is 5.94. The van der Waals surface area contributed by atoms with Gasteiger partial charge in [0.15, 0.2) is 0 Å². The van der Waals surface area contributed by atoms with Gasteiger partial charge in [0.1, 0.15) is 20.4 Å². The third-order valence-electron chi connectivity index (χ3n) is 2.71. The van der Waals surface area contributed by atoms with E-state index in [1.165, 1.54) is 49.8 Å². The van der Waals surface area contributed by atoms with Crippen molar-refractivity contribution in [2.75, 3.05) is 7.11 Å². The zero-order valence-corrected chi connectivity index (χ0v) is 11.4. The molecule has 1 unspecified atom stereocenters. The van der Waals surface area contributed by atoms with Gasteiger partial charge in [-0.15, -0.1) is 0 Å². The third-order valence-corrected chi connectivity index (χ3v) is 4.57. The number of nitrogens with zero attached hydrogens (tertiary/aromatic N) is 1. The number of hydrogen-bond acceptors (Lipinski definition) is 5. The smallest absolute Gasteiger partial charge is 0.335 e. The van der Waals surface area contributed by atoms with Crippen molar-refractivity contribution in [1.29, 1.82) is 4.78 Å². The number of pyridine rings is 1. The standard InChI is InChI=1S/C13H12N2O4S/c1-19-11-6-7-15-8-12(11)20(14,18)10-4-2-9(3-5-10)13(16)17/h2-8,14H,1H3,(H,16,17). The summed E-state index contributed by atoms with van der Waals surface area (Å²) in [6, 6.07) is 6.88. The maximum absolute atomic E-state index is 12.6. The number of methoxy groups -OCH3 is 1. The van der Waals surface area contributed by atoms with Crippen LogP contribution >= 0.6 is 0 Å². The molecule has 0 saturated carbocycles. The zero-order valence-electron chi connectivity index (χ0n) is 10.6. The first-order chi connectivity index (χ1) is 9.46. The Morgan fingerprint density at radius 3 is 2.50 bits per heavy atom. The molecule has 1 heterocycles. The summed E-state index contributed by atoms with van der Waals surface area (Å²) in [5, 5.41) is 8.83. The minimum Gasteiger partial charge on any atom is -0.495 e. The molecule has 0 spiro atoms. The number of carboxylic acids is 1. The molecule has 7 heteroatoms. The van der Waals surface area contributed by atoms with E-state index in [9.17, 15) is 9.00 Å². The third kappa shape index (κ3) is 2.48. The normalized spacial score (nSPS) is 13.4. The van der Waals surface area contributed by atoms with Crippen LogP contribution in [0.25, 0.3) is 0 Å². The van der Waals surface area contributed by atoms with E-state index < -0.39 is 15.7 Å². The number of aromatic carboxylic acids is 1. The van der Waals surface area contributed by atoms with Crippen molar-refractivity contribution in [3.63, 3.8) is 0 Å². The molecular weight excluding hydrogens is 280 g/mol. The quantitative estimate of drug-likeness (QED) is 0.900. The van der Waals surface area contributed by atoms with Crippen LogP contribution in [0.4, 0.5) is 0 Å². The van der Waals surface area contributed by atoms with Crippen LogP contribution < -0.4 is 4.74 Å². The van der Waals surface area contributed by atoms with Crippen LogP contribution in [0.5, 0.6) is 5.75 Å². The highest BCUT2D eigenvalue weighted by atomic mass is 32.2. The largest absolute Gasteiger partial charge is 0.495 e. The number of benzene rings is 1. The van der Waals surface area contributed by atoms with Crippen molar-refractivity contribution in [2.45, 2.75) is 9.79 Å². The van der Waals surface area contributed by atoms with Crippen molar-refractivity contribution in [3.8, 4) is 5.75 Å². The first-order valence-corrected chi connectivity index (χ1v) is 7.13. The Bertz CT molecular complexity index is 739. The van der Waals surface area contributed by atoms with E-state index >= 15 is 0 Å². The lowest BCUT2D eigenvalue weighted by Crippen LogP contribution is -2.04. The molecule has 0 amide bonds. The zero-order chi connectivity index (χ0) is 14.8.